The number of ether oxygens (including phenoxy) is 1. The number of para-hydroxylation sites is 1. The largest absolute Gasteiger partial charge is 0.465 e. The molecule has 1 heterocycles. The predicted molar refractivity (Wildman–Crippen MR) is 61.6 cm³/mol. The number of amides is 1. The molecule has 0 aliphatic heterocycles. The summed E-state index contributed by atoms with van der Waals surface area (Å²) in [6.45, 7) is 0. The van der Waals surface area contributed by atoms with Crippen LogP contribution in [0.2, 0.25) is 0 Å². The van der Waals surface area contributed by atoms with Crippen LogP contribution < -0.4 is 5.73 Å². The number of nitrogens with zero attached hydrogens (tertiary/aromatic N) is 1. The lowest BCUT2D eigenvalue weighted by Gasteiger charge is -2.06. The first-order valence-corrected chi connectivity index (χ1v) is 5.02. The first-order valence-electron chi connectivity index (χ1n) is 5.02. The molecule has 2 N–H and O–H groups in total. The average molecular weight is 248 g/mol. The number of halogens is 1. The fraction of sp³-hybridized carbons (Fsp3) is 0.0833. The minimum absolute atomic E-state index is 0.0517. The standard InChI is InChI=1S/C12H9FN2O3/c1-18-12(17)7-5-9(11(14)16)15-10-6(7)3-2-4-8(10)13/h2-5H,1H3,(H2,14,16). The van der Waals surface area contributed by atoms with Crippen molar-refractivity contribution in [3.63, 3.8) is 0 Å². The molecule has 0 spiro atoms. The van der Waals surface area contributed by atoms with Crippen molar-refractivity contribution in [1.29, 1.82) is 0 Å². The van der Waals surface area contributed by atoms with Crippen molar-refractivity contribution in [2.45, 2.75) is 0 Å². The summed E-state index contributed by atoms with van der Waals surface area (Å²) in [4.78, 5) is 26.5. The molecule has 18 heavy (non-hydrogen) atoms. The third-order valence-electron chi connectivity index (χ3n) is 2.45. The molecule has 1 aromatic carbocycles. The van der Waals surface area contributed by atoms with Crippen LogP contribution in [0.5, 0.6) is 0 Å². The smallest absolute Gasteiger partial charge is 0.338 e. The van der Waals surface area contributed by atoms with Crippen LogP contribution in [0.25, 0.3) is 10.9 Å². The number of esters is 1. The molecule has 0 aliphatic rings. The lowest BCUT2D eigenvalue weighted by atomic mass is 10.1. The van der Waals surface area contributed by atoms with Crippen molar-refractivity contribution in [3.05, 3.63) is 41.3 Å². The maximum atomic E-state index is 13.6. The zero-order valence-electron chi connectivity index (χ0n) is 9.44. The molecule has 0 radical (unpaired) electrons. The zero-order chi connectivity index (χ0) is 13.3. The highest BCUT2D eigenvalue weighted by molar-refractivity contribution is 6.06. The number of pyridine rings is 1. The van der Waals surface area contributed by atoms with Gasteiger partial charge in [0, 0.05) is 5.39 Å². The number of carbonyl (C=O) groups excluding carboxylic acids is 2. The molecule has 0 bridgehead atoms. The monoisotopic (exact) mass is 248 g/mol. The van der Waals surface area contributed by atoms with Crippen molar-refractivity contribution in [2.24, 2.45) is 5.73 Å². The minimum Gasteiger partial charge on any atom is -0.465 e. The van der Waals surface area contributed by atoms with Crippen LogP contribution in [0.1, 0.15) is 20.8 Å². The van der Waals surface area contributed by atoms with Gasteiger partial charge >= 0.3 is 5.97 Å². The van der Waals surface area contributed by atoms with E-state index < -0.39 is 17.7 Å². The summed E-state index contributed by atoms with van der Waals surface area (Å²) in [5.74, 6) is -2.17. The molecule has 0 fully saturated rings. The van der Waals surface area contributed by atoms with Gasteiger partial charge in [0.05, 0.1) is 12.7 Å². The second kappa shape index (κ2) is 4.40. The number of rotatable bonds is 2. The number of aromatic nitrogens is 1. The molecule has 0 aliphatic carbocycles. The van der Waals surface area contributed by atoms with Crippen molar-refractivity contribution in [2.75, 3.05) is 7.11 Å². The van der Waals surface area contributed by atoms with Crippen molar-refractivity contribution in [1.82, 2.24) is 4.98 Å². The second-order valence-corrected chi connectivity index (χ2v) is 3.55. The van der Waals surface area contributed by atoms with Gasteiger partial charge in [-0.05, 0) is 12.1 Å². The predicted octanol–water partition coefficient (Wildman–Crippen LogP) is 1.26. The number of fused-ring (bicyclic) bond motifs is 1. The fourth-order valence-corrected chi connectivity index (χ4v) is 1.62. The van der Waals surface area contributed by atoms with Gasteiger partial charge in [-0.15, -0.1) is 0 Å². The lowest BCUT2D eigenvalue weighted by Crippen LogP contribution is -2.15. The summed E-state index contributed by atoms with van der Waals surface area (Å²) < 4.78 is 18.2. The summed E-state index contributed by atoms with van der Waals surface area (Å²) in [6.07, 6.45) is 0. The molecule has 0 unspecified atom stereocenters. The molecule has 0 atom stereocenters. The molecule has 1 aromatic heterocycles. The Balaban J connectivity index is 2.85. The molecule has 2 aromatic rings. The molecule has 0 saturated heterocycles. The Morgan fingerprint density at radius 1 is 1.39 bits per heavy atom. The van der Waals surface area contributed by atoms with Crippen molar-refractivity contribution >= 4 is 22.8 Å². The van der Waals surface area contributed by atoms with Gasteiger partial charge < -0.3 is 10.5 Å². The fourth-order valence-electron chi connectivity index (χ4n) is 1.62. The SMILES string of the molecule is COC(=O)c1cc(C(N)=O)nc2c(F)cccc12. The van der Waals surface area contributed by atoms with Gasteiger partial charge in [0.15, 0.2) is 0 Å². The first kappa shape index (κ1) is 12.0. The summed E-state index contributed by atoms with van der Waals surface area (Å²) in [5.41, 5.74) is 4.87. The second-order valence-electron chi connectivity index (χ2n) is 3.55. The highest BCUT2D eigenvalue weighted by atomic mass is 19.1. The minimum atomic E-state index is -0.842. The van der Waals surface area contributed by atoms with Crippen LogP contribution in [0.3, 0.4) is 0 Å². The molecule has 1 amide bonds. The van der Waals surface area contributed by atoms with E-state index in [1.165, 1.54) is 31.4 Å². The Labute approximate surface area is 101 Å². The van der Waals surface area contributed by atoms with Crippen LogP contribution in [0, 0.1) is 5.82 Å². The van der Waals surface area contributed by atoms with Gasteiger partial charge in [0.25, 0.3) is 5.91 Å². The maximum absolute atomic E-state index is 13.6. The number of hydrogen-bond acceptors (Lipinski definition) is 4. The number of methoxy groups -OCH3 is 1. The van der Waals surface area contributed by atoms with E-state index in [4.69, 9.17) is 5.73 Å². The van der Waals surface area contributed by atoms with Gasteiger partial charge in [-0.3, -0.25) is 4.79 Å². The highest BCUT2D eigenvalue weighted by Crippen LogP contribution is 2.21. The summed E-state index contributed by atoms with van der Waals surface area (Å²) in [6, 6.07) is 5.33. The van der Waals surface area contributed by atoms with E-state index in [0.29, 0.717) is 0 Å². The van der Waals surface area contributed by atoms with E-state index in [9.17, 15) is 14.0 Å². The Kier molecular flexibility index (Phi) is 2.93. The molecule has 0 saturated carbocycles. The molecule has 92 valence electrons. The first-order chi connectivity index (χ1) is 8.54. The molecule has 2 rings (SSSR count). The number of nitrogens with two attached hydrogens (primary N) is 1. The van der Waals surface area contributed by atoms with Crippen LogP contribution in [-0.2, 0) is 4.74 Å². The van der Waals surface area contributed by atoms with E-state index in [1.54, 1.807) is 0 Å². The number of carbonyl (C=O) groups is 2. The number of primary amides is 1. The highest BCUT2D eigenvalue weighted by Gasteiger charge is 2.17. The summed E-state index contributed by atoms with van der Waals surface area (Å²) in [7, 11) is 1.19. The molecular weight excluding hydrogens is 239 g/mol. The van der Waals surface area contributed by atoms with Gasteiger partial charge in [-0.1, -0.05) is 12.1 Å². The van der Waals surface area contributed by atoms with Crippen LogP contribution in [0.4, 0.5) is 4.39 Å². The van der Waals surface area contributed by atoms with Crippen molar-refractivity contribution in [3.8, 4) is 0 Å². The normalized spacial score (nSPS) is 10.3. The Morgan fingerprint density at radius 3 is 2.72 bits per heavy atom. The van der Waals surface area contributed by atoms with Crippen LogP contribution >= 0.6 is 0 Å². The van der Waals surface area contributed by atoms with Gasteiger partial charge in [-0.25, -0.2) is 14.2 Å². The van der Waals surface area contributed by atoms with Crippen molar-refractivity contribution < 1.29 is 18.7 Å². The summed E-state index contributed by atoms with van der Waals surface area (Å²) in [5, 5.41) is 0.270. The van der Waals surface area contributed by atoms with Crippen LogP contribution in [-0.4, -0.2) is 24.0 Å². The lowest BCUT2D eigenvalue weighted by molar-refractivity contribution is 0.0603. The Morgan fingerprint density at radius 2 is 2.11 bits per heavy atom. The van der Waals surface area contributed by atoms with Gasteiger partial charge in [0.2, 0.25) is 0 Å². The summed E-state index contributed by atoms with van der Waals surface area (Å²) >= 11 is 0. The molecule has 5 nitrogen and oxygen atoms in total. The van der Waals surface area contributed by atoms with E-state index in [0.717, 1.165) is 0 Å². The number of hydrogen-bond donors (Lipinski definition) is 1. The number of benzene rings is 1. The average Bonchev–Trinajstić information content (AvgIpc) is 2.37. The Bertz CT molecular complexity index is 655. The Hall–Kier alpha value is -2.50. The van der Waals surface area contributed by atoms with Crippen LogP contribution in [0.15, 0.2) is 24.3 Å². The topological polar surface area (TPSA) is 82.3 Å². The molecule has 6 heteroatoms. The van der Waals surface area contributed by atoms with Gasteiger partial charge in [-0.2, -0.15) is 0 Å². The van der Waals surface area contributed by atoms with E-state index in [2.05, 4.69) is 9.72 Å². The van der Waals surface area contributed by atoms with E-state index in [1.807, 2.05) is 0 Å². The van der Waals surface area contributed by atoms with E-state index >= 15 is 0 Å². The maximum Gasteiger partial charge on any atom is 0.338 e. The van der Waals surface area contributed by atoms with E-state index in [-0.39, 0.29) is 22.2 Å². The quantitative estimate of drug-likeness (QED) is 0.811. The third-order valence-corrected chi connectivity index (χ3v) is 2.45. The van der Waals surface area contributed by atoms with Gasteiger partial charge in [0.1, 0.15) is 17.0 Å². The zero-order valence-corrected chi connectivity index (χ0v) is 9.44. The molecular formula is C12H9FN2O3. The third kappa shape index (κ3) is 1.88.